The van der Waals surface area contributed by atoms with Crippen molar-refractivity contribution in [2.45, 2.75) is 32.2 Å². The van der Waals surface area contributed by atoms with E-state index in [9.17, 15) is 0 Å². The molecule has 1 aromatic carbocycles. The van der Waals surface area contributed by atoms with Crippen LogP contribution >= 0.6 is 0 Å². The Morgan fingerprint density at radius 3 is 2.52 bits per heavy atom. The third-order valence-corrected chi connectivity index (χ3v) is 3.92. The van der Waals surface area contributed by atoms with Crippen molar-refractivity contribution in [2.75, 3.05) is 14.2 Å². The maximum atomic E-state index is 5.19. The Morgan fingerprint density at radius 1 is 1.29 bits per heavy atom. The Kier molecular flexibility index (Phi) is 5.39. The third kappa shape index (κ3) is 3.85. The minimum atomic E-state index is 0.324. The summed E-state index contributed by atoms with van der Waals surface area (Å²) in [5.41, 5.74) is 3.73. The molecule has 1 atom stereocenters. The van der Waals surface area contributed by atoms with Crippen LogP contribution in [0.2, 0.25) is 0 Å². The third-order valence-electron chi connectivity index (χ3n) is 3.92. The zero-order chi connectivity index (χ0) is 15.2. The van der Waals surface area contributed by atoms with Gasteiger partial charge in [0.1, 0.15) is 5.75 Å². The topological polar surface area (TPSA) is 39.1 Å². The first-order valence-corrected chi connectivity index (χ1v) is 7.51. The molecule has 4 nitrogen and oxygen atoms in total. The molecule has 0 saturated carbocycles. The largest absolute Gasteiger partial charge is 0.497 e. The first-order chi connectivity index (χ1) is 10.2. The molecule has 1 unspecified atom stereocenters. The van der Waals surface area contributed by atoms with E-state index in [1.165, 1.54) is 11.3 Å². The molecule has 21 heavy (non-hydrogen) atoms. The molecule has 4 heteroatoms. The number of aromatic nitrogens is 2. The van der Waals surface area contributed by atoms with Crippen molar-refractivity contribution in [1.29, 1.82) is 0 Å². The van der Waals surface area contributed by atoms with Crippen molar-refractivity contribution in [3.8, 4) is 5.75 Å². The van der Waals surface area contributed by atoms with E-state index in [1.54, 1.807) is 7.11 Å². The number of hydrogen-bond acceptors (Lipinski definition) is 3. The highest BCUT2D eigenvalue weighted by Gasteiger charge is 2.14. The molecule has 0 radical (unpaired) electrons. The van der Waals surface area contributed by atoms with Crippen LogP contribution < -0.4 is 10.1 Å². The van der Waals surface area contributed by atoms with Gasteiger partial charge in [-0.25, -0.2) is 0 Å². The van der Waals surface area contributed by atoms with Crippen LogP contribution in [0.5, 0.6) is 5.75 Å². The van der Waals surface area contributed by atoms with Gasteiger partial charge in [-0.2, -0.15) is 5.10 Å². The summed E-state index contributed by atoms with van der Waals surface area (Å²) >= 11 is 0. The van der Waals surface area contributed by atoms with Gasteiger partial charge in [0.05, 0.1) is 18.5 Å². The summed E-state index contributed by atoms with van der Waals surface area (Å²) in [7, 11) is 5.73. The molecule has 0 bridgehead atoms. The van der Waals surface area contributed by atoms with E-state index in [2.05, 4.69) is 35.5 Å². The normalized spacial score (nSPS) is 12.4. The number of ether oxygens (including phenoxy) is 1. The minimum Gasteiger partial charge on any atom is -0.497 e. The average Bonchev–Trinajstić information content (AvgIpc) is 2.90. The summed E-state index contributed by atoms with van der Waals surface area (Å²) in [6, 6.07) is 10.8. The molecule has 2 rings (SSSR count). The molecular formula is C17H25N3O. The zero-order valence-corrected chi connectivity index (χ0v) is 13.4. The highest BCUT2D eigenvalue weighted by molar-refractivity contribution is 5.27. The molecule has 0 saturated heterocycles. The fourth-order valence-electron chi connectivity index (χ4n) is 2.59. The Morgan fingerprint density at radius 2 is 2.00 bits per heavy atom. The second kappa shape index (κ2) is 7.27. The second-order valence-corrected chi connectivity index (χ2v) is 5.27. The lowest BCUT2D eigenvalue weighted by Crippen LogP contribution is -2.20. The van der Waals surface area contributed by atoms with Gasteiger partial charge in [0.2, 0.25) is 0 Å². The van der Waals surface area contributed by atoms with Gasteiger partial charge in [-0.3, -0.25) is 4.68 Å². The van der Waals surface area contributed by atoms with Crippen molar-refractivity contribution in [1.82, 2.24) is 15.1 Å². The van der Waals surface area contributed by atoms with Gasteiger partial charge in [0.25, 0.3) is 0 Å². The van der Waals surface area contributed by atoms with Crippen LogP contribution in [0, 0.1) is 0 Å². The standard InChI is InChI=1S/C17H25N3O/c1-5-14-12-17(20(3)19-14)16(18-2)11-8-13-6-9-15(21-4)10-7-13/h6-7,9-10,12,16,18H,5,8,11H2,1-4H3. The van der Waals surface area contributed by atoms with Crippen LogP contribution in [0.3, 0.4) is 0 Å². The predicted molar refractivity (Wildman–Crippen MR) is 85.7 cm³/mol. The summed E-state index contributed by atoms with van der Waals surface area (Å²) < 4.78 is 7.19. The van der Waals surface area contributed by atoms with E-state index < -0.39 is 0 Å². The molecule has 0 amide bonds. The molecule has 0 aliphatic heterocycles. The lowest BCUT2D eigenvalue weighted by Gasteiger charge is -2.16. The smallest absolute Gasteiger partial charge is 0.118 e. The Hall–Kier alpha value is -1.81. The number of benzene rings is 1. The minimum absolute atomic E-state index is 0.324. The van der Waals surface area contributed by atoms with E-state index in [0.29, 0.717) is 6.04 Å². The van der Waals surface area contributed by atoms with Crippen molar-refractivity contribution in [2.24, 2.45) is 7.05 Å². The summed E-state index contributed by atoms with van der Waals surface area (Å²) in [4.78, 5) is 0. The molecule has 2 aromatic rings. The molecule has 1 heterocycles. The summed E-state index contributed by atoms with van der Waals surface area (Å²) in [5, 5.41) is 7.94. The quantitative estimate of drug-likeness (QED) is 0.851. The fraction of sp³-hybridized carbons (Fsp3) is 0.471. The number of methoxy groups -OCH3 is 1. The molecule has 1 aromatic heterocycles. The first kappa shape index (κ1) is 15.6. The van der Waals surface area contributed by atoms with Crippen LogP contribution in [0.15, 0.2) is 30.3 Å². The number of aryl methyl sites for hydroxylation is 3. The van der Waals surface area contributed by atoms with Crippen LogP contribution in [0.1, 0.15) is 36.3 Å². The van der Waals surface area contributed by atoms with Crippen LogP contribution in [-0.4, -0.2) is 23.9 Å². The monoisotopic (exact) mass is 287 g/mol. The van der Waals surface area contributed by atoms with Gasteiger partial charge in [-0.15, -0.1) is 0 Å². The van der Waals surface area contributed by atoms with Gasteiger partial charge < -0.3 is 10.1 Å². The van der Waals surface area contributed by atoms with Gasteiger partial charge in [0.15, 0.2) is 0 Å². The summed E-state index contributed by atoms with van der Waals surface area (Å²) in [5.74, 6) is 0.906. The molecule has 0 aliphatic rings. The first-order valence-electron chi connectivity index (χ1n) is 7.51. The van der Waals surface area contributed by atoms with Gasteiger partial charge in [0, 0.05) is 13.1 Å². The van der Waals surface area contributed by atoms with E-state index in [4.69, 9.17) is 4.74 Å². The Bertz CT molecular complexity index is 560. The SMILES string of the molecule is CCc1cc(C(CCc2ccc(OC)cc2)NC)n(C)n1. The van der Waals surface area contributed by atoms with Gasteiger partial charge in [-0.1, -0.05) is 19.1 Å². The van der Waals surface area contributed by atoms with Gasteiger partial charge in [-0.05, 0) is 50.1 Å². The Labute approximate surface area is 127 Å². The second-order valence-electron chi connectivity index (χ2n) is 5.27. The molecule has 0 spiro atoms. The highest BCUT2D eigenvalue weighted by atomic mass is 16.5. The molecule has 0 aliphatic carbocycles. The Balaban J connectivity index is 2.02. The highest BCUT2D eigenvalue weighted by Crippen LogP contribution is 2.21. The average molecular weight is 287 g/mol. The zero-order valence-electron chi connectivity index (χ0n) is 13.4. The van der Waals surface area contributed by atoms with Crippen molar-refractivity contribution >= 4 is 0 Å². The van der Waals surface area contributed by atoms with Crippen molar-refractivity contribution < 1.29 is 4.74 Å². The maximum Gasteiger partial charge on any atom is 0.118 e. The van der Waals surface area contributed by atoms with Crippen LogP contribution in [-0.2, 0) is 19.9 Å². The predicted octanol–water partition coefficient (Wildman–Crippen LogP) is 2.88. The number of hydrogen-bond donors (Lipinski definition) is 1. The number of nitrogens with one attached hydrogen (secondary N) is 1. The summed E-state index contributed by atoms with van der Waals surface area (Å²) in [6.07, 6.45) is 3.05. The van der Waals surface area contributed by atoms with Crippen LogP contribution in [0.25, 0.3) is 0 Å². The molecule has 0 fully saturated rings. The molecule has 1 N–H and O–H groups in total. The molecular weight excluding hydrogens is 262 g/mol. The molecule has 114 valence electrons. The maximum absolute atomic E-state index is 5.19. The lowest BCUT2D eigenvalue weighted by molar-refractivity contribution is 0.414. The van der Waals surface area contributed by atoms with Crippen molar-refractivity contribution in [3.63, 3.8) is 0 Å². The van der Waals surface area contributed by atoms with Crippen molar-refractivity contribution in [3.05, 3.63) is 47.3 Å². The van der Waals surface area contributed by atoms with E-state index in [0.717, 1.165) is 30.7 Å². The lowest BCUT2D eigenvalue weighted by atomic mass is 10.0. The van der Waals surface area contributed by atoms with E-state index in [-0.39, 0.29) is 0 Å². The number of rotatable bonds is 7. The fourth-order valence-corrected chi connectivity index (χ4v) is 2.59. The van der Waals surface area contributed by atoms with E-state index >= 15 is 0 Å². The summed E-state index contributed by atoms with van der Waals surface area (Å²) in [6.45, 7) is 2.14. The van der Waals surface area contributed by atoms with E-state index in [1.807, 2.05) is 30.9 Å². The van der Waals surface area contributed by atoms with Crippen LogP contribution in [0.4, 0.5) is 0 Å². The van der Waals surface area contributed by atoms with Gasteiger partial charge >= 0.3 is 0 Å². The number of nitrogens with zero attached hydrogens (tertiary/aromatic N) is 2.